The van der Waals surface area contributed by atoms with Gasteiger partial charge in [0.1, 0.15) is 0 Å². The summed E-state index contributed by atoms with van der Waals surface area (Å²) in [6, 6.07) is 5.97. The van der Waals surface area contributed by atoms with E-state index in [1.807, 2.05) is 32.0 Å². The highest BCUT2D eigenvalue weighted by Crippen LogP contribution is 2.20. The predicted octanol–water partition coefficient (Wildman–Crippen LogP) is 2.65. The van der Waals surface area contributed by atoms with Gasteiger partial charge in [-0.15, -0.1) is 0 Å². The molecule has 0 bridgehead atoms. The van der Waals surface area contributed by atoms with Crippen LogP contribution in [0.2, 0.25) is 0 Å². The normalized spacial score (nSPS) is 10.0. The van der Waals surface area contributed by atoms with Crippen molar-refractivity contribution < 1.29 is 4.79 Å². The van der Waals surface area contributed by atoms with E-state index in [9.17, 15) is 4.79 Å². The molecule has 0 atom stereocenters. The fraction of sp³-hybridized carbons (Fsp3) is 0.417. The van der Waals surface area contributed by atoms with E-state index < -0.39 is 0 Å². The molecule has 0 unspecified atom stereocenters. The fourth-order valence-corrected chi connectivity index (χ4v) is 1.57. The summed E-state index contributed by atoms with van der Waals surface area (Å²) in [4.78, 5) is 13.2. The largest absolute Gasteiger partial charge is 0.376 e. The van der Waals surface area contributed by atoms with Crippen LogP contribution in [-0.4, -0.2) is 30.9 Å². The second kappa shape index (κ2) is 5.89. The van der Waals surface area contributed by atoms with Crippen molar-refractivity contribution in [3.63, 3.8) is 0 Å². The number of carbonyl (C=O) groups excluding carboxylic acids is 1. The summed E-state index contributed by atoms with van der Waals surface area (Å²) in [7, 11) is 1.80. The number of rotatable bonds is 4. The molecule has 3 nitrogen and oxygen atoms in total. The first kappa shape index (κ1) is 13.0. The van der Waals surface area contributed by atoms with Crippen LogP contribution >= 0.6 is 15.9 Å². The number of nitrogens with zero attached hydrogens (tertiary/aromatic N) is 1. The Hall–Kier alpha value is -1.03. The van der Waals surface area contributed by atoms with Gasteiger partial charge in [-0.05, 0) is 31.5 Å². The summed E-state index contributed by atoms with van der Waals surface area (Å²) in [5, 5.41) is 3.11. The van der Waals surface area contributed by atoms with Crippen LogP contribution in [0, 0.1) is 6.92 Å². The van der Waals surface area contributed by atoms with Gasteiger partial charge in [0.25, 0.3) is 0 Å². The first-order chi connectivity index (χ1) is 7.54. The Labute approximate surface area is 105 Å². The number of nitrogens with one attached hydrogen (secondary N) is 1. The van der Waals surface area contributed by atoms with Crippen LogP contribution in [0.4, 0.5) is 5.69 Å². The van der Waals surface area contributed by atoms with Crippen molar-refractivity contribution in [1.82, 2.24) is 4.90 Å². The average Bonchev–Trinajstić information content (AvgIpc) is 2.29. The number of hydrogen-bond donors (Lipinski definition) is 1. The zero-order chi connectivity index (χ0) is 12.1. The van der Waals surface area contributed by atoms with Crippen molar-refractivity contribution in [2.75, 3.05) is 25.5 Å². The number of amides is 1. The maximum absolute atomic E-state index is 11.6. The summed E-state index contributed by atoms with van der Waals surface area (Å²) in [5.74, 6) is 0.0965. The number of carbonyl (C=O) groups is 1. The Morgan fingerprint density at radius 1 is 1.50 bits per heavy atom. The topological polar surface area (TPSA) is 32.3 Å². The van der Waals surface area contributed by atoms with E-state index in [2.05, 4.69) is 21.2 Å². The second-order valence-electron chi connectivity index (χ2n) is 3.73. The van der Waals surface area contributed by atoms with E-state index in [4.69, 9.17) is 0 Å². The monoisotopic (exact) mass is 284 g/mol. The van der Waals surface area contributed by atoms with E-state index in [-0.39, 0.29) is 5.91 Å². The van der Waals surface area contributed by atoms with Crippen LogP contribution in [0.25, 0.3) is 0 Å². The number of halogens is 1. The molecule has 0 aliphatic heterocycles. The van der Waals surface area contributed by atoms with Crippen molar-refractivity contribution >= 4 is 27.5 Å². The molecule has 0 aliphatic rings. The molecular weight excluding hydrogens is 268 g/mol. The van der Waals surface area contributed by atoms with Crippen molar-refractivity contribution in [2.24, 2.45) is 0 Å². The minimum atomic E-state index is 0.0965. The number of hydrogen-bond acceptors (Lipinski definition) is 2. The van der Waals surface area contributed by atoms with Crippen LogP contribution in [-0.2, 0) is 4.79 Å². The van der Waals surface area contributed by atoms with E-state index in [1.165, 1.54) is 5.56 Å². The van der Waals surface area contributed by atoms with E-state index in [0.29, 0.717) is 6.54 Å². The van der Waals surface area contributed by atoms with E-state index in [0.717, 1.165) is 16.7 Å². The lowest BCUT2D eigenvalue weighted by molar-refractivity contribution is -0.127. The molecule has 16 heavy (non-hydrogen) atoms. The van der Waals surface area contributed by atoms with Gasteiger partial charge in [0.2, 0.25) is 5.91 Å². The highest BCUT2D eigenvalue weighted by Gasteiger charge is 2.05. The molecule has 0 spiro atoms. The Morgan fingerprint density at radius 3 is 2.75 bits per heavy atom. The number of aryl methyl sites for hydroxylation is 1. The summed E-state index contributed by atoms with van der Waals surface area (Å²) in [6.07, 6.45) is 0. The molecule has 0 heterocycles. The van der Waals surface area contributed by atoms with Gasteiger partial charge in [-0.2, -0.15) is 0 Å². The van der Waals surface area contributed by atoms with Gasteiger partial charge in [0.15, 0.2) is 0 Å². The highest BCUT2D eigenvalue weighted by atomic mass is 79.9. The van der Waals surface area contributed by atoms with Crippen molar-refractivity contribution in [3.05, 3.63) is 28.2 Å². The van der Waals surface area contributed by atoms with E-state index in [1.54, 1.807) is 11.9 Å². The zero-order valence-corrected chi connectivity index (χ0v) is 11.5. The molecule has 1 aromatic carbocycles. The molecule has 1 aromatic rings. The van der Waals surface area contributed by atoms with Crippen LogP contribution in [0.3, 0.4) is 0 Å². The smallest absolute Gasteiger partial charge is 0.241 e. The summed E-state index contributed by atoms with van der Waals surface area (Å²) < 4.78 is 1.05. The Bertz CT molecular complexity index is 379. The summed E-state index contributed by atoms with van der Waals surface area (Å²) >= 11 is 3.46. The summed E-state index contributed by atoms with van der Waals surface area (Å²) in [6.45, 7) is 5.06. The Kier molecular flexibility index (Phi) is 4.80. The molecule has 0 radical (unpaired) electrons. The first-order valence-corrected chi connectivity index (χ1v) is 6.08. The first-order valence-electron chi connectivity index (χ1n) is 5.28. The lowest BCUT2D eigenvalue weighted by Gasteiger charge is -2.15. The lowest BCUT2D eigenvalue weighted by atomic mass is 10.2. The molecule has 0 fully saturated rings. The zero-order valence-electron chi connectivity index (χ0n) is 9.88. The Morgan fingerprint density at radius 2 is 2.19 bits per heavy atom. The third-order valence-electron chi connectivity index (χ3n) is 2.52. The quantitative estimate of drug-likeness (QED) is 0.922. The number of anilines is 1. The standard InChI is InChI=1S/C12H17BrN2O/c1-4-15(3)12(16)8-14-10-6-5-9(2)11(13)7-10/h5-7,14H,4,8H2,1-3H3. The maximum atomic E-state index is 11.6. The van der Waals surface area contributed by atoms with Crippen LogP contribution in [0.15, 0.2) is 22.7 Å². The van der Waals surface area contributed by atoms with Crippen molar-refractivity contribution in [2.45, 2.75) is 13.8 Å². The molecule has 1 rings (SSSR count). The average molecular weight is 285 g/mol. The van der Waals surface area contributed by atoms with Crippen molar-refractivity contribution in [3.8, 4) is 0 Å². The SMILES string of the molecule is CCN(C)C(=O)CNc1ccc(C)c(Br)c1. The number of benzene rings is 1. The third-order valence-corrected chi connectivity index (χ3v) is 3.37. The second-order valence-corrected chi connectivity index (χ2v) is 4.58. The highest BCUT2D eigenvalue weighted by molar-refractivity contribution is 9.10. The van der Waals surface area contributed by atoms with Gasteiger partial charge < -0.3 is 10.2 Å². The van der Waals surface area contributed by atoms with Crippen LogP contribution < -0.4 is 5.32 Å². The van der Waals surface area contributed by atoms with Crippen molar-refractivity contribution in [1.29, 1.82) is 0 Å². The van der Waals surface area contributed by atoms with Crippen LogP contribution in [0.5, 0.6) is 0 Å². The van der Waals surface area contributed by atoms with Gasteiger partial charge >= 0.3 is 0 Å². The Balaban J connectivity index is 2.55. The minimum Gasteiger partial charge on any atom is -0.376 e. The fourth-order valence-electron chi connectivity index (χ4n) is 1.19. The minimum absolute atomic E-state index is 0.0965. The molecule has 0 aliphatic carbocycles. The molecule has 0 aromatic heterocycles. The summed E-state index contributed by atoms with van der Waals surface area (Å²) in [5.41, 5.74) is 2.14. The van der Waals surface area contributed by atoms with Crippen LogP contribution in [0.1, 0.15) is 12.5 Å². The molecule has 1 amide bonds. The van der Waals surface area contributed by atoms with E-state index >= 15 is 0 Å². The lowest BCUT2D eigenvalue weighted by Crippen LogP contribution is -2.31. The van der Waals surface area contributed by atoms with Gasteiger partial charge in [0, 0.05) is 23.8 Å². The maximum Gasteiger partial charge on any atom is 0.241 e. The van der Waals surface area contributed by atoms with Gasteiger partial charge in [-0.1, -0.05) is 22.0 Å². The molecule has 1 N–H and O–H groups in total. The molecule has 4 heteroatoms. The molecular formula is C12H17BrN2O. The van der Waals surface area contributed by atoms with Gasteiger partial charge in [0.05, 0.1) is 6.54 Å². The molecule has 88 valence electrons. The predicted molar refractivity (Wildman–Crippen MR) is 70.7 cm³/mol. The third kappa shape index (κ3) is 3.52. The number of likely N-dealkylation sites (N-methyl/N-ethyl adjacent to an activating group) is 1. The molecule has 0 saturated carbocycles. The molecule has 0 saturated heterocycles. The van der Waals surface area contributed by atoms with Gasteiger partial charge in [-0.3, -0.25) is 4.79 Å². The van der Waals surface area contributed by atoms with Gasteiger partial charge in [-0.25, -0.2) is 0 Å².